The van der Waals surface area contributed by atoms with Crippen LogP contribution in [0.4, 0.5) is 0 Å². The van der Waals surface area contributed by atoms with Gasteiger partial charge in [0.25, 0.3) is 0 Å². The highest BCUT2D eigenvalue weighted by Gasteiger charge is 2.77. The summed E-state index contributed by atoms with van der Waals surface area (Å²) < 4.78 is 12.7. The van der Waals surface area contributed by atoms with Crippen LogP contribution in [0.1, 0.15) is 65.0 Å². The van der Waals surface area contributed by atoms with E-state index in [4.69, 9.17) is 9.47 Å². The van der Waals surface area contributed by atoms with Crippen molar-refractivity contribution < 1.29 is 33.8 Å². The van der Waals surface area contributed by atoms with E-state index in [1.54, 1.807) is 17.1 Å². The van der Waals surface area contributed by atoms with Crippen molar-refractivity contribution in [3.63, 3.8) is 0 Å². The first-order valence-corrected chi connectivity index (χ1v) is 16.6. The van der Waals surface area contributed by atoms with Gasteiger partial charge in [-0.2, -0.15) is 0 Å². The Kier molecular flexibility index (Phi) is 11.0. The molecule has 246 valence electrons. The van der Waals surface area contributed by atoms with Gasteiger partial charge in [0, 0.05) is 23.3 Å². The zero-order valence-electron chi connectivity index (χ0n) is 26.6. The van der Waals surface area contributed by atoms with Crippen LogP contribution in [0.25, 0.3) is 0 Å². The van der Waals surface area contributed by atoms with Gasteiger partial charge in [0.1, 0.15) is 17.7 Å². The third-order valence-corrected chi connectivity index (χ3v) is 10.0. The number of esters is 1. The number of alkyl halides is 1. The van der Waals surface area contributed by atoms with Crippen molar-refractivity contribution in [2.75, 3.05) is 19.7 Å². The van der Waals surface area contributed by atoms with Crippen LogP contribution < -0.4 is 5.32 Å². The molecule has 1 aromatic carbocycles. The lowest BCUT2D eigenvalue weighted by Gasteiger charge is -2.43. The summed E-state index contributed by atoms with van der Waals surface area (Å²) in [4.78, 5) is 58.3. The van der Waals surface area contributed by atoms with Gasteiger partial charge < -0.3 is 29.7 Å². The molecule has 2 N–H and O–H groups in total. The first-order chi connectivity index (χ1) is 21.4. The monoisotopic (exact) mass is 687 g/mol. The van der Waals surface area contributed by atoms with Crippen molar-refractivity contribution in [2.24, 2.45) is 11.8 Å². The number of carbonyl (C=O) groups excluding carboxylic acids is 4. The van der Waals surface area contributed by atoms with Crippen LogP contribution in [0.5, 0.6) is 0 Å². The third-order valence-electron chi connectivity index (χ3n) is 9.19. The molecule has 0 saturated carbocycles. The molecule has 3 heterocycles. The predicted molar refractivity (Wildman–Crippen MR) is 173 cm³/mol. The van der Waals surface area contributed by atoms with Gasteiger partial charge in [-0.3, -0.25) is 19.2 Å². The molecule has 1 unspecified atom stereocenters. The molecule has 3 saturated heterocycles. The lowest BCUT2D eigenvalue weighted by atomic mass is 9.70. The molecular formula is C34H46BrN3O7. The minimum atomic E-state index is -1.30. The van der Waals surface area contributed by atoms with Gasteiger partial charge in [0.15, 0.2) is 0 Å². The van der Waals surface area contributed by atoms with E-state index < -0.39 is 59.1 Å². The Bertz CT molecular complexity index is 1280. The quantitative estimate of drug-likeness (QED) is 0.174. The summed E-state index contributed by atoms with van der Waals surface area (Å²) >= 11 is 3.70. The summed E-state index contributed by atoms with van der Waals surface area (Å²) in [6.07, 6.45) is 3.29. The fourth-order valence-electron chi connectivity index (χ4n) is 7.04. The average molecular weight is 689 g/mol. The van der Waals surface area contributed by atoms with Gasteiger partial charge in [0.05, 0.1) is 37.1 Å². The Morgan fingerprint density at radius 1 is 1.24 bits per heavy atom. The molecule has 3 aliphatic rings. The van der Waals surface area contributed by atoms with Crippen molar-refractivity contribution in [3.8, 4) is 0 Å². The minimum Gasteiger partial charge on any atom is -0.455 e. The number of hydrogen-bond acceptors (Lipinski definition) is 7. The molecule has 2 bridgehead atoms. The first kappa shape index (κ1) is 34.8. The minimum absolute atomic E-state index is 0.0449. The van der Waals surface area contributed by atoms with Crippen molar-refractivity contribution in [1.82, 2.24) is 15.1 Å². The zero-order chi connectivity index (χ0) is 33.1. The van der Waals surface area contributed by atoms with Crippen LogP contribution in [0, 0.1) is 11.8 Å². The lowest BCUT2D eigenvalue weighted by Crippen LogP contribution is -2.61. The molecule has 0 radical (unpaired) electrons. The maximum Gasteiger partial charge on any atom is 0.313 e. The van der Waals surface area contributed by atoms with Crippen LogP contribution in [-0.4, -0.2) is 92.4 Å². The number of nitrogens with one attached hydrogen (secondary N) is 1. The summed E-state index contributed by atoms with van der Waals surface area (Å²) in [5.41, 5.74) is -1.21. The number of aliphatic hydroxyl groups is 1. The molecule has 10 nitrogen and oxygen atoms in total. The molecule has 1 spiro atoms. The van der Waals surface area contributed by atoms with E-state index in [0.29, 0.717) is 24.8 Å². The number of benzene rings is 1. The van der Waals surface area contributed by atoms with Gasteiger partial charge in [-0.1, -0.05) is 65.3 Å². The van der Waals surface area contributed by atoms with E-state index >= 15 is 0 Å². The highest BCUT2D eigenvalue weighted by atomic mass is 79.9. The van der Waals surface area contributed by atoms with Crippen LogP contribution >= 0.6 is 15.9 Å². The number of hydrogen-bond donors (Lipinski definition) is 2. The van der Waals surface area contributed by atoms with E-state index in [2.05, 4.69) is 34.4 Å². The first-order valence-electron chi connectivity index (χ1n) is 15.7. The number of carbonyl (C=O) groups is 4. The van der Waals surface area contributed by atoms with E-state index in [1.807, 2.05) is 58.0 Å². The van der Waals surface area contributed by atoms with Crippen molar-refractivity contribution in [1.29, 1.82) is 0 Å². The number of aliphatic hydroxyl groups excluding tert-OH is 1. The summed E-state index contributed by atoms with van der Waals surface area (Å²) in [5, 5.41) is 13.2. The summed E-state index contributed by atoms with van der Waals surface area (Å²) in [6.45, 7) is 15.0. The second-order valence-corrected chi connectivity index (χ2v) is 14.2. The molecule has 11 heteroatoms. The molecule has 3 amide bonds. The molecule has 0 aliphatic carbocycles. The highest BCUT2D eigenvalue weighted by Crippen LogP contribution is 2.61. The van der Waals surface area contributed by atoms with Gasteiger partial charge in [0.2, 0.25) is 17.7 Å². The van der Waals surface area contributed by atoms with Gasteiger partial charge in [-0.15, -0.1) is 13.2 Å². The van der Waals surface area contributed by atoms with Gasteiger partial charge in [-0.05, 0) is 45.6 Å². The smallest absolute Gasteiger partial charge is 0.313 e. The second kappa shape index (κ2) is 14.2. The molecular weight excluding hydrogens is 642 g/mol. The maximum atomic E-state index is 14.5. The highest BCUT2D eigenvalue weighted by molar-refractivity contribution is 9.09. The topological polar surface area (TPSA) is 125 Å². The number of amides is 3. The Morgan fingerprint density at radius 2 is 1.93 bits per heavy atom. The van der Waals surface area contributed by atoms with E-state index in [9.17, 15) is 24.3 Å². The van der Waals surface area contributed by atoms with Crippen LogP contribution in [0.15, 0.2) is 55.6 Å². The van der Waals surface area contributed by atoms with Crippen LogP contribution in [-0.2, 0) is 28.7 Å². The molecule has 1 aromatic rings. The SMILES string of the molecule is C=CCCC(=O)NC[C@@H](OC(=O)[C@H]1[C@@H]2O[C@@]3(CC2Br)[C@@H]1C(=O)N([C@@H](CC)CO)[C@@H]3C(=O)N(CC=C)C(C)(C)C)c1ccccc1. The number of allylic oxidation sites excluding steroid dienone is 1. The summed E-state index contributed by atoms with van der Waals surface area (Å²) in [6, 6.07) is 7.40. The average Bonchev–Trinajstić information content (AvgIpc) is 3.60. The Balaban J connectivity index is 1.71. The lowest BCUT2D eigenvalue weighted by molar-refractivity contribution is -0.161. The van der Waals surface area contributed by atoms with E-state index in [0.717, 1.165) is 0 Å². The second-order valence-electron chi connectivity index (χ2n) is 13.0. The van der Waals surface area contributed by atoms with Gasteiger partial charge in [-0.25, -0.2) is 0 Å². The normalized spacial score (nSPS) is 28.3. The standard InChI is InChI=1S/C34H46BrN3O7/c1-7-10-16-25(40)36-19-24(21-14-12-11-13-15-21)44-32(43)26-27-30(41)38(22(9-3)20-39)29(34(27)18-23(35)28(26)45-34)31(42)37(17-8-2)33(4,5)6/h7-8,11-15,22-24,26-29,39H,1-2,9-10,16-20H2,3-6H3,(H,36,40)/t22-,23?,24+,26+,27-,28+,29+,34-/m0/s1. The molecule has 4 rings (SSSR count). The van der Waals surface area contributed by atoms with Crippen LogP contribution in [0.2, 0.25) is 0 Å². The third kappa shape index (κ3) is 6.62. The van der Waals surface area contributed by atoms with Gasteiger partial charge >= 0.3 is 5.97 Å². The number of halogens is 1. The van der Waals surface area contributed by atoms with Crippen molar-refractivity contribution in [2.45, 2.75) is 93.6 Å². The molecule has 8 atom stereocenters. The Hall–Kier alpha value is -3.02. The fraction of sp³-hybridized carbons (Fsp3) is 0.588. The zero-order valence-corrected chi connectivity index (χ0v) is 28.2. The summed E-state index contributed by atoms with van der Waals surface area (Å²) in [5.74, 6) is -3.54. The Morgan fingerprint density at radius 3 is 2.51 bits per heavy atom. The molecule has 3 aliphatic heterocycles. The van der Waals surface area contributed by atoms with E-state index in [1.165, 1.54) is 4.90 Å². The van der Waals surface area contributed by atoms with Crippen molar-refractivity contribution in [3.05, 3.63) is 61.2 Å². The summed E-state index contributed by atoms with van der Waals surface area (Å²) in [7, 11) is 0. The number of ether oxygens (including phenoxy) is 2. The number of likely N-dealkylation sites (tertiary alicyclic amines) is 1. The maximum absolute atomic E-state index is 14.5. The van der Waals surface area contributed by atoms with E-state index in [-0.39, 0.29) is 42.8 Å². The number of fused-ring (bicyclic) bond motifs is 1. The molecule has 3 fully saturated rings. The molecule has 0 aromatic heterocycles. The van der Waals surface area contributed by atoms with Crippen molar-refractivity contribution >= 4 is 39.6 Å². The largest absolute Gasteiger partial charge is 0.455 e. The number of nitrogens with zero attached hydrogens (tertiary/aromatic N) is 2. The fourth-order valence-corrected chi connectivity index (χ4v) is 7.98. The van der Waals surface area contributed by atoms with Crippen LogP contribution in [0.3, 0.4) is 0 Å². The predicted octanol–water partition coefficient (Wildman–Crippen LogP) is 3.69. The Labute approximate surface area is 274 Å². The molecule has 45 heavy (non-hydrogen) atoms. The number of rotatable bonds is 14.